The van der Waals surface area contributed by atoms with Gasteiger partial charge in [0, 0.05) is 16.3 Å². The number of benzene rings is 2. The highest BCUT2D eigenvalue weighted by molar-refractivity contribution is 7.99. The van der Waals surface area contributed by atoms with E-state index in [0.29, 0.717) is 17.7 Å². The fourth-order valence-electron chi connectivity index (χ4n) is 3.74. The molecule has 0 radical (unpaired) electrons. The molecule has 1 aliphatic rings. The maximum atomic E-state index is 13.1. The molecule has 0 saturated carbocycles. The lowest BCUT2D eigenvalue weighted by atomic mass is 10.1. The number of furan rings is 1. The summed E-state index contributed by atoms with van der Waals surface area (Å²) in [6, 6.07) is 21.0. The molecule has 0 spiro atoms. The minimum absolute atomic E-state index is 0.0329. The van der Waals surface area contributed by atoms with Gasteiger partial charge in [0.15, 0.2) is 0 Å². The lowest BCUT2D eigenvalue weighted by Crippen LogP contribution is -2.36. The van der Waals surface area contributed by atoms with Gasteiger partial charge in [-0.2, -0.15) is 5.26 Å². The first kappa shape index (κ1) is 20.3. The third-order valence-corrected chi connectivity index (χ3v) is 6.42. The van der Waals surface area contributed by atoms with Gasteiger partial charge in [-0.25, -0.2) is 0 Å². The molecular weight excluding hydrogens is 394 g/mol. The van der Waals surface area contributed by atoms with E-state index in [1.54, 1.807) is 12.3 Å². The third-order valence-electron chi connectivity index (χ3n) is 5.27. The molecule has 30 heavy (non-hydrogen) atoms. The minimum atomic E-state index is -0.122. The second-order valence-electron chi connectivity index (χ2n) is 7.19. The molecule has 0 bridgehead atoms. The van der Waals surface area contributed by atoms with E-state index in [0.717, 1.165) is 28.6 Å². The van der Waals surface area contributed by atoms with Crippen LogP contribution in [-0.2, 0) is 0 Å². The number of nitrogens with one attached hydrogen (secondary N) is 1. The molecule has 1 N–H and O–H groups in total. The highest BCUT2D eigenvalue weighted by Crippen LogP contribution is 2.33. The van der Waals surface area contributed by atoms with Crippen LogP contribution < -0.4 is 5.32 Å². The zero-order chi connectivity index (χ0) is 20.8. The van der Waals surface area contributed by atoms with E-state index in [9.17, 15) is 10.1 Å². The van der Waals surface area contributed by atoms with E-state index < -0.39 is 0 Å². The molecule has 1 amide bonds. The van der Waals surface area contributed by atoms with Crippen LogP contribution in [0.15, 0.2) is 81.1 Å². The molecule has 6 heteroatoms. The Morgan fingerprint density at radius 3 is 2.53 bits per heavy atom. The van der Waals surface area contributed by atoms with Crippen molar-refractivity contribution >= 4 is 17.7 Å². The number of carbonyl (C=O) groups is 1. The van der Waals surface area contributed by atoms with Crippen LogP contribution in [0.2, 0.25) is 0 Å². The molecule has 1 aliphatic heterocycles. The summed E-state index contributed by atoms with van der Waals surface area (Å²) in [4.78, 5) is 17.1. The van der Waals surface area contributed by atoms with Gasteiger partial charge in [0.05, 0.1) is 23.4 Å². The van der Waals surface area contributed by atoms with E-state index in [1.807, 2.05) is 54.6 Å². The molecule has 5 nitrogen and oxygen atoms in total. The van der Waals surface area contributed by atoms with Crippen LogP contribution in [0.5, 0.6) is 0 Å². The van der Waals surface area contributed by atoms with Crippen LogP contribution in [0.4, 0.5) is 0 Å². The van der Waals surface area contributed by atoms with Crippen molar-refractivity contribution in [3.05, 3.63) is 83.8 Å². The molecule has 1 aromatic heterocycles. The summed E-state index contributed by atoms with van der Waals surface area (Å²) < 4.78 is 5.65. The smallest absolute Gasteiger partial charge is 0.252 e. The highest BCUT2D eigenvalue weighted by Gasteiger charge is 2.26. The Labute approximate surface area is 180 Å². The first-order valence-corrected chi connectivity index (χ1v) is 10.9. The Morgan fingerprint density at radius 2 is 1.80 bits per heavy atom. The molecule has 2 heterocycles. The zero-order valence-corrected chi connectivity index (χ0v) is 17.4. The maximum absolute atomic E-state index is 13.1. The maximum Gasteiger partial charge on any atom is 0.252 e. The quantitative estimate of drug-likeness (QED) is 0.594. The second-order valence-corrected chi connectivity index (χ2v) is 8.27. The van der Waals surface area contributed by atoms with Crippen molar-refractivity contribution in [1.29, 1.82) is 5.26 Å². The summed E-state index contributed by atoms with van der Waals surface area (Å²) in [6.07, 6.45) is 4.02. The van der Waals surface area contributed by atoms with Crippen LogP contribution in [0, 0.1) is 11.3 Å². The average molecular weight is 418 g/mol. The minimum Gasteiger partial charge on any atom is -0.468 e. The Balaban J connectivity index is 1.50. The van der Waals surface area contributed by atoms with Gasteiger partial charge in [-0.05, 0) is 62.3 Å². The van der Waals surface area contributed by atoms with E-state index >= 15 is 0 Å². The van der Waals surface area contributed by atoms with Crippen LogP contribution in [0.3, 0.4) is 0 Å². The molecule has 152 valence electrons. The normalized spacial score (nSPS) is 14.9. The number of amides is 1. The van der Waals surface area contributed by atoms with Crippen molar-refractivity contribution in [3.8, 4) is 6.07 Å². The summed E-state index contributed by atoms with van der Waals surface area (Å²) in [5.41, 5.74) is 1.21. The van der Waals surface area contributed by atoms with Gasteiger partial charge in [0.1, 0.15) is 11.8 Å². The standard InChI is InChI=1S/C24H23N3O2S/c25-16-18-8-1-3-11-22(18)30-23-12-4-2-9-19(23)24(28)26-17-20(21-10-7-15-29-21)27-13-5-6-14-27/h1-4,7-12,15,20H,5-6,13-14,17H2,(H,26,28)/t20-/m0/s1. The Morgan fingerprint density at radius 1 is 1.07 bits per heavy atom. The van der Waals surface area contributed by atoms with Crippen LogP contribution in [0.25, 0.3) is 0 Å². The van der Waals surface area contributed by atoms with Crippen molar-refractivity contribution in [2.45, 2.75) is 28.7 Å². The number of rotatable bonds is 7. The van der Waals surface area contributed by atoms with Crippen LogP contribution in [-0.4, -0.2) is 30.4 Å². The van der Waals surface area contributed by atoms with E-state index in [4.69, 9.17) is 4.42 Å². The molecule has 4 rings (SSSR count). The van der Waals surface area contributed by atoms with Gasteiger partial charge in [-0.15, -0.1) is 0 Å². The van der Waals surface area contributed by atoms with Gasteiger partial charge in [-0.1, -0.05) is 36.0 Å². The van der Waals surface area contributed by atoms with E-state index in [1.165, 1.54) is 24.6 Å². The molecule has 3 aromatic rings. The van der Waals surface area contributed by atoms with Gasteiger partial charge < -0.3 is 9.73 Å². The second kappa shape index (κ2) is 9.66. The summed E-state index contributed by atoms with van der Waals surface area (Å²) in [6.45, 7) is 2.51. The zero-order valence-electron chi connectivity index (χ0n) is 16.6. The molecule has 0 aliphatic carbocycles. The Hall–Kier alpha value is -3.01. The van der Waals surface area contributed by atoms with Gasteiger partial charge in [0.2, 0.25) is 0 Å². The van der Waals surface area contributed by atoms with E-state index in [-0.39, 0.29) is 11.9 Å². The first-order valence-electron chi connectivity index (χ1n) is 10.1. The molecule has 1 saturated heterocycles. The lowest BCUT2D eigenvalue weighted by molar-refractivity contribution is 0.0931. The molecular formula is C24H23N3O2S. The summed E-state index contributed by atoms with van der Waals surface area (Å²) in [7, 11) is 0. The molecule has 1 fully saturated rings. The van der Waals surface area contributed by atoms with Crippen LogP contribution in [0.1, 0.15) is 40.6 Å². The molecule has 2 aromatic carbocycles. The predicted molar refractivity (Wildman–Crippen MR) is 116 cm³/mol. The van der Waals surface area contributed by atoms with Gasteiger partial charge in [-0.3, -0.25) is 9.69 Å². The summed E-state index contributed by atoms with van der Waals surface area (Å²) in [5, 5.41) is 12.5. The highest BCUT2D eigenvalue weighted by atomic mass is 32.2. The number of hydrogen-bond donors (Lipinski definition) is 1. The predicted octanol–water partition coefficient (Wildman–Crippen LogP) is 4.87. The number of nitrogens with zero attached hydrogens (tertiary/aromatic N) is 2. The third kappa shape index (κ3) is 4.59. The number of nitriles is 1. The topological polar surface area (TPSA) is 69.3 Å². The first-order chi connectivity index (χ1) is 14.8. The van der Waals surface area contributed by atoms with Crippen molar-refractivity contribution in [2.24, 2.45) is 0 Å². The molecule has 1 atom stereocenters. The van der Waals surface area contributed by atoms with Gasteiger partial charge >= 0.3 is 0 Å². The monoisotopic (exact) mass is 417 g/mol. The summed E-state index contributed by atoms with van der Waals surface area (Å²) >= 11 is 1.44. The Kier molecular flexibility index (Phi) is 6.53. The van der Waals surface area contributed by atoms with Crippen molar-refractivity contribution in [2.75, 3.05) is 19.6 Å². The van der Waals surface area contributed by atoms with Crippen molar-refractivity contribution < 1.29 is 9.21 Å². The number of carbonyl (C=O) groups excluding carboxylic acids is 1. The van der Waals surface area contributed by atoms with Gasteiger partial charge in [0.25, 0.3) is 5.91 Å². The average Bonchev–Trinajstić information content (AvgIpc) is 3.50. The SMILES string of the molecule is N#Cc1ccccc1Sc1ccccc1C(=O)NC[C@@H](c1ccco1)N1CCCC1. The largest absolute Gasteiger partial charge is 0.468 e. The van der Waals surface area contributed by atoms with E-state index in [2.05, 4.69) is 16.3 Å². The number of likely N-dealkylation sites (tertiary alicyclic amines) is 1. The fraction of sp³-hybridized carbons (Fsp3) is 0.250. The van der Waals surface area contributed by atoms with Crippen LogP contribution >= 0.6 is 11.8 Å². The summed E-state index contributed by atoms with van der Waals surface area (Å²) in [5.74, 6) is 0.756. The lowest BCUT2D eigenvalue weighted by Gasteiger charge is -2.26. The Bertz CT molecular complexity index is 1040. The van der Waals surface area contributed by atoms with Crippen molar-refractivity contribution in [1.82, 2.24) is 10.2 Å². The number of hydrogen-bond acceptors (Lipinski definition) is 5. The molecule has 0 unspecified atom stereocenters. The van der Waals surface area contributed by atoms with Crippen molar-refractivity contribution in [3.63, 3.8) is 0 Å². The fourth-order valence-corrected chi connectivity index (χ4v) is 4.76.